The van der Waals surface area contributed by atoms with E-state index in [-0.39, 0.29) is 17.3 Å². The van der Waals surface area contributed by atoms with Crippen molar-refractivity contribution in [1.29, 1.82) is 0 Å². The predicted octanol–water partition coefficient (Wildman–Crippen LogP) is 2.23. The molecule has 0 bridgehead atoms. The van der Waals surface area contributed by atoms with Gasteiger partial charge in [0.05, 0.1) is 4.90 Å². The number of sulfonamides is 1. The van der Waals surface area contributed by atoms with Crippen LogP contribution in [0.3, 0.4) is 0 Å². The molecule has 24 heavy (non-hydrogen) atoms. The summed E-state index contributed by atoms with van der Waals surface area (Å²) in [6.07, 6.45) is 3.96. The Morgan fingerprint density at radius 3 is 2.88 bits per heavy atom. The minimum absolute atomic E-state index is 0.0947. The van der Waals surface area contributed by atoms with E-state index in [0.717, 1.165) is 17.5 Å². The summed E-state index contributed by atoms with van der Waals surface area (Å²) in [4.78, 5) is 17.4. The van der Waals surface area contributed by atoms with Crippen LogP contribution < -0.4 is 9.62 Å². The molecule has 1 amide bonds. The molecule has 126 valence electrons. The van der Waals surface area contributed by atoms with Crippen molar-refractivity contribution in [2.75, 3.05) is 11.4 Å². The Morgan fingerprint density at radius 2 is 2.21 bits per heavy atom. The minimum Gasteiger partial charge on any atom is -0.312 e. The Balaban J connectivity index is 1.91. The van der Waals surface area contributed by atoms with Gasteiger partial charge in [0.1, 0.15) is 0 Å². The first-order valence-electron chi connectivity index (χ1n) is 7.37. The van der Waals surface area contributed by atoms with Gasteiger partial charge in [-0.05, 0) is 51.7 Å². The van der Waals surface area contributed by atoms with Gasteiger partial charge in [-0.15, -0.1) is 0 Å². The third-order valence-electron chi connectivity index (χ3n) is 3.89. The van der Waals surface area contributed by atoms with Gasteiger partial charge >= 0.3 is 0 Å². The summed E-state index contributed by atoms with van der Waals surface area (Å²) in [6.45, 7) is 2.20. The Labute approximate surface area is 149 Å². The number of carbonyl (C=O) groups is 1. The van der Waals surface area contributed by atoms with Crippen molar-refractivity contribution in [2.24, 2.45) is 0 Å². The number of nitrogens with one attached hydrogen (secondary N) is 1. The molecule has 1 N–H and O–H groups in total. The average molecular weight is 410 g/mol. The fourth-order valence-corrected chi connectivity index (χ4v) is 4.80. The second kappa shape index (κ2) is 6.62. The molecule has 0 spiro atoms. The number of carbonyl (C=O) groups excluding carboxylic acids is 1. The number of anilines is 1. The second-order valence-corrected chi connectivity index (χ2v) is 8.11. The lowest BCUT2D eigenvalue weighted by atomic mass is 10.2. The van der Waals surface area contributed by atoms with Crippen molar-refractivity contribution in [2.45, 2.75) is 24.8 Å². The molecule has 0 saturated carbocycles. The topological polar surface area (TPSA) is 79.4 Å². The fourth-order valence-electron chi connectivity index (χ4n) is 2.68. The van der Waals surface area contributed by atoms with Crippen LogP contribution in [0.1, 0.15) is 18.1 Å². The van der Waals surface area contributed by atoms with Gasteiger partial charge in [0.15, 0.2) is 0 Å². The molecule has 3 rings (SSSR count). The molecule has 1 aromatic carbocycles. The monoisotopic (exact) mass is 409 g/mol. The summed E-state index contributed by atoms with van der Waals surface area (Å²) >= 11 is 3.33. The standard InChI is InChI=1S/C16H16BrN3O3S/c1-11(21)20-6-4-13-7-14(17)16(8-15(13)20)24(22,23)19-10-12-3-2-5-18-9-12/h2-3,5,7-9,19H,4,6,10H2,1H3. The highest BCUT2D eigenvalue weighted by Gasteiger charge is 2.27. The third kappa shape index (κ3) is 3.35. The number of benzene rings is 1. The molecule has 2 aromatic rings. The molecule has 0 aliphatic carbocycles. The van der Waals surface area contributed by atoms with Gasteiger partial charge in [0.25, 0.3) is 0 Å². The van der Waals surface area contributed by atoms with Crippen molar-refractivity contribution < 1.29 is 13.2 Å². The second-order valence-electron chi connectivity index (χ2n) is 5.52. The molecule has 0 unspecified atom stereocenters. The van der Waals surface area contributed by atoms with Gasteiger partial charge in [0, 0.05) is 42.6 Å². The van der Waals surface area contributed by atoms with Crippen LogP contribution in [0.2, 0.25) is 0 Å². The Kier molecular flexibility index (Phi) is 4.71. The third-order valence-corrected chi connectivity index (χ3v) is 6.25. The molecule has 1 aromatic heterocycles. The summed E-state index contributed by atoms with van der Waals surface area (Å²) in [5.41, 5.74) is 2.39. The van der Waals surface area contributed by atoms with Gasteiger partial charge in [-0.1, -0.05) is 6.07 Å². The highest BCUT2D eigenvalue weighted by Crippen LogP contribution is 2.35. The van der Waals surface area contributed by atoms with Gasteiger partial charge < -0.3 is 4.90 Å². The van der Waals surface area contributed by atoms with Crippen LogP contribution in [0.25, 0.3) is 0 Å². The first-order chi connectivity index (χ1) is 11.4. The summed E-state index contributed by atoms with van der Waals surface area (Å²) < 4.78 is 28.3. The van der Waals surface area contributed by atoms with Crippen LogP contribution >= 0.6 is 15.9 Å². The van der Waals surface area contributed by atoms with Crippen LogP contribution in [0.15, 0.2) is 46.0 Å². The molecule has 6 nitrogen and oxygen atoms in total. The Hall–Kier alpha value is -1.77. The maximum Gasteiger partial charge on any atom is 0.242 e. The molecule has 8 heteroatoms. The van der Waals surface area contributed by atoms with Crippen LogP contribution in [0.4, 0.5) is 5.69 Å². The zero-order valence-corrected chi connectivity index (χ0v) is 15.4. The Bertz CT molecular complexity index is 885. The normalized spacial score (nSPS) is 13.8. The molecule has 1 aliphatic rings. The smallest absolute Gasteiger partial charge is 0.242 e. The summed E-state index contributed by atoms with van der Waals surface area (Å²) in [7, 11) is -3.72. The number of fused-ring (bicyclic) bond motifs is 1. The van der Waals surface area contributed by atoms with E-state index in [1.807, 2.05) is 0 Å². The maximum absolute atomic E-state index is 12.6. The lowest BCUT2D eigenvalue weighted by Crippen LogP contribution is -2.27. The number of halogens is 1. The van der Waals surface area contributed by atoms with E-state index in [4.69, 9.17) is 0 Å². The van der Waals surface area contributed by atoms with Crippen molar-refractivity contribution in [3.8, 4) is 0 Å². The van der Waals surface area contributed by atoms with Crippen LogP contribution in [-0.2, 0) is 27.8 Å². The van der Waals surface area contributed by atoms with Crippen LogP contribution in [0, 0.1) is 0 Å². The van der Waals surface area contributed by atoms with E-state index in [2.05, 4.69) is 25.6 Å². The van der Waals surface area contributed by atoms with E-state index in [1.54, 1.807) is 41.6 Å². The number of rotatable bonds is 4. The SMILES string of the molecule is CC(=O)N1CCc2cc(Br)c(S(=O)(=O)NCc3cccnc3)cc21. The van der Waals surface area contributed by atoms with E-state index in [1.165, 1.54) is 6.92 Å². The predicted molar refractivity (Wildman–Crippen MR) is 94.1 cm³/mol. The van der Waals surface area contributed by atoms with Crippen LogP contribution in [0.5, 0.6) is 0 Å². The number of nitrogens with zero attached hydrogens (tertiary/aromatic N) is 2. The highest BCUT2D eigenvalue weighted by molar-refractivity contribution is 9.10. The number of pyridine rings is 1. The Morgan fingerprint density at radius 1 is 1.42 bits per heavy atom. The average Bonchev–Trinajstić information content (AvgIpc) is 2.96. The first-order valence-corrected chi connectivity index (χ1v) is 9.65. The minimum atomic E-state index is -3.72. The summed E-state index contributed by atoms with van der Waals surface area (Å²) in [5.74, 6) is -0.0947. The van der Waals surface area contributed by atoms with Gasteiger partial charge in [0.2, 0.25) is 15.9 Å². The first kappa shape index (κ1) is 17.1. The lowest BCUT2D eigenvalue weighted by Gasteiger charge is -2.16. The number of hydrogen-bond acceptors (Lipinski definition) is 4. The van der Waals surface area contributed by atoms with E-state index in [9.17, 15) is 13.2 Å². The quantitative estimate of drug-likeness (QED) is 0.839. The largest absolute Gasteiger partial charge is 0.312 e. The molecule has 1 aliphatic heterocycles. The molecule has 0 fully saturated rings. The zero-order chi connectivity index (χ0) is 17.3. The zero-order valence-electron chi connectivity index (χ0n) is 13.0. The van der Waals surface area contributed by atoms with Gasteiger partial charge in [-0.2, -0.15) is 0 Å². The van der Waals surface area contributed by atoms with Crippen LogP contribution in [-0.4, -0.2) is 25.9 Å². The van der Waals surface area contributed by atoms with E-state index < -0.39 is 10.0 Å². The van der Waals surface area contributed by atoms with Gasteiger partial charge in [-0.25, -0.2) is 13.1 Å². The van der Waals surface area contributed by atoms with Crippen molar-refractivity contribution >= 4 is 37.5 Å². The number of aromatic nitrogens is 1. The van der Waals surface area contributed by atoms with Crippen molar-refractivity contribution in [1.82, 2.24) is 9.71 Å². The molecule has 2 heterocycles. The molecule has 0 saturated heterocycles. The molecule has 0 radical (unpaired) electrons. The molecule has 0 atom stereocenters. The summed E-state index contributed by atoms with van der Waals surface area (Å²) in [6, 6.07) is 6.88. The van der Waals surface area contributed by atoms with Gasteiger partial charge in [-0.3, -0.25) is 9.78 Å². The maximum atomic E-state index is 12.6. The van der Waals surface area contributed by atoms with Crippen molar-refractivity contribution in [3.63, 3.8) is 0 Å². The summed E-state index contributed by atoms with van der Waals surface area (Å²) in [5, 5.41) is 0. The number of amides is 1. The highest BCUT2D eigenvalue weighted by atomic mass is 79.9. The van der Waals surface area contributed by atoms with E-state index in [0.29, 0.717) is 16.7 Å². The molecular formula is C16H16BrN3O3S. The lowest BCUT2D eigenvalue weighted by molar-refractivity contribution is -0.116. The fraction of sp³-hybridized carbons (Fsp3) is 0.250. The molecular weight excluding hydrogens is 394 g/mol. The van der Waals surface area contributed by atoms with E-state index >= 15 is 0 Å². The number of hydrogen-bond donors (Lipinski definition) is 1. The van der Waals surface area contributed by atoms with Crippen molar-refractivity contribution in [3.05, 3.63) is 52.3 Å².